The minimum atomic E-state index is -1.03. The Hall–Kier alpha value is -0.690. The number of fused-ring (bicyclic) bond motifs is 2. The molecule has 1 spiro atoms. The molecule has 3 fully saturated rings. The van der Waals surface area contributed by atoms with Gasteiger partial charge in [-0.2, -0.15) is 0 Å². The van der Waals surface area contributed by atoms with E-state index in [4.69, 9.17) is 4.74 Å². The summed E-state index contributed by atoms with van der Waals surface area (Å²) in [6.07, 6.45) is 3.73. The van der Waals surface area contributed by atoms with Crippen LogP contribution in [0.5, 0.6) is 0 Å². The molecular weight excluding hydrogens is 336 g/mol. The Bertz CT molecular complexity index is 567. The summed E-state index contributed by atoms with van der Waals surface area (Å²) in [6, 6.07) is 0. The van der Waals surface area contributed by atoms with E-state index in [-0.39, 0.29) is 36.9 Å². The summed E-state index contributed by atoms with van der Waals surface area (Å²) in [7, 11) is 0. The number of carboxylic acid groups (broad SMARTS) is 1. The fourth-order valence-corrected chi connectivity index (χ4v) is 6.70. The van der Waals surface area contributed by atoms with Crippen LogP contribution < -0.4 is 0 Å². The Morgan fingerprint density at radius 3 is 2.35 bits per heavy atom. The van der Waals surface area contributed by atoms with Crippen LogP contribution in [0.25, 0.3) is 0 Å². The van der Waals surface area contributed by atoms with Gasteiger partial charge in [0.1, 0.15) is 5.60 Å². The SMILES string of the molecule is CC1CCC2C(C)(CO)C(O)CC[C@]2(C)C12CCC(CO)(CC(=O)O)O2. The molecule has 4 N–H and O–H groups in total. The third-order valence-electron chi connectivity index (χ3n) is 8.37. The van der Waals surface area contributed by atoms with Gasteiger partial charge >= 0.3 is 5.97 Å². The number of aliphatic carboxylic acids is 1. The molecule has 1 saturated heterocycles. The highest BCUT2D eigenvalue weighted by molar-refractivity contribution is 5.68. The lowest BCUT2D eigenvalue weighted by Crippen LogP contribution is -2.66. The van der Waals surface area contributed by atoms with Gasteiger partial charge in [0.2, 0.25) is 0 Å². The van der Waals surface area contributed by atoms with Gasteiger partial charge in [0.25, 0.3) is 0 Å². The van der Waals surface area contributed by atoms with E-state index >= 15 is 0 Å². The first-order valence-corrected chi connectivity index (χ1v) is 9.91. The fraction of sp³-hybridized carbons (Fsp3) is 0.950. The summed E-state index contributed by atoms with van der Waals surface area (Å²) in [5.74, 6) is -0.621. The Balaban J connectivity index is 2.02. The second-order valence-corrected chi connectivity index (χ2v) is 9.57. The molecule has 6 nitrogen and oxygen atoms in total. The Kier molecular flexibility index (Phi) is 4.96. The molecule has 0 aromatic carbocycles. The summed E-state index contributed by atoms with van der Waals surface area (Å²) in [6.45, 7) is 5.96. The van der Waals surface area contributed by atoms with Gasteiger partial charge in [-0.05, 0) is 50.4 Å². The normalized spacial score (nSPS) is 51.4. The quantitative estimate of drug-likeness (QED) is 0.602. The average Bonchev–Trinajstić information content (AvgIpc) is 2.98. The highest BCUT2D eigenvalue weighted by atomic mass is 16.5. The first-order valence-electron chi connectivity index (χ1n) is 9.91. The van der Waals surface area contributed by atoms with Crippen molar-refractivity contribution in [1.82, 2.24) is 0 Å². The van der Waals surface area contributed by atoms with E-state index in [1.165, 1.54) is 0 Å². The van der Waals surface area contributed by atoms with Gasteiger partial charge in [0, 0.05) is 10.8 Å². The number of ether oxygens (including phenoxy) is 1. The van der Waals surface area contributed by atoms with E-state index in [2.05, 4.69) is 13.8 Å². The van der Waals surface area contributed by atoms with Crippen molar-refractivity contribution in [2.45, 2.75) is 83.0 Å². The number of carboxylic acids is 1. The van der Waals surface area contributed by atoms with Crippen molar-refractivity contribution in [3.63, 3.8) is 0 Å². The summed E-state index contributed by atoms with van der Waals surface area (Å²) < 4.78 is 6.60. The van der Waals surface area contributed by atoms with E-state index in [0.29, 0.717) is 19.3 Å². The molecule has 1 aliphatic heterocycles. The Labute approximate surface area is 155 Å². The monoisotopic (exact) mass is 370 g/mol. The smallest absolute Gasteiger partial charge is 0.306 e. The highest BCUT2D eigenvalue weighted by Gasteiger charge is 2.68. The van der Waals surface area contributed by atoms with Crippen molar-refractivity contribution in [1.29, 1.82) is 0 Å². The summed E-state index contributed by atoms with van der Waals surface area (Å²) in [5.41, 5.74) is -2.40. The predicted molar refractivity (Wildman–Crippen MR) is 95.5 cm³/mol. The van der Waals surface area contributed by atoms with Crippen LogP contribution in [0.3, 0.4) is 0 Å². The Morgan fingerprint density at radius 1 is 1.08 bits per heavy atom. The lowest BCUT2D eigenvalue weighted by Gasteiger charge is -2.65. The second-order valence-electron chi connectivity index (χ2n) is 9.57. The van der Waals surface area contributed by atoms with Crippen LogP contribution in [0.4, 0.5) is 0 Å². The molecule has 3 aliphatic rings. The predicted octanol–water partition coefficient (Wildman–Crippen LogP) is 1.95. The maximum Gasteiger partial charge on any atom is 0.306 e. The van der Waals surface area contributed by atoms with Crippen molar-refractivity contribution in [3.05, 3.63) is 0 Å². The number of aliphatic hydroxyl groups is 3. The first-order chi connectivity index (χ1) is 12.1. The molecule has 26 heavy (non-hydrogen) atoms. The largest absolute Gasteiger partial charge is 0.481 e. The van der Waals surface area contributed by atoms with Crippen LogP contribution in [-0.4, -0.2) is 56.9 Å². The van der Waals surface area contributed by atoms with Gasteiger partial charge in [0.05, 0.1) is 31.3 Å². The van der Waals surface area contributed by atoms with Gasteiger partial charge in [-0.15, -0.1) is 0 Å². The minimum Gasteiger partial charge on any atom is -0.481 e. The molecule has 2 saturated carbocycles. The molecule has 6 heteroatoms. The fourth-order valence-electron chi connectivity index (χ4n) is 6.70. The van der Waals surface area contributed by atoms with E-state index in [1.54, 1.807) is 0 Å². The van der Waals surface area contributed by atoms with Crippen LogP contribution in [-0.2, 0) is 9.53 Å². The topological polar surface area (TPSA) is 107 Å². The zero-order valence-electron chi connectivity index (χ0n) is 16.2. The molecule has 6 unspecified atom stereocenters. The maximum atomic E-state index is 11.4. The number of rotatable bonds is 4. The summed E-state index contributed by atoms with van der Waals surface area (Å²) in [5, 5.41) is 40.0. The first kappa shape index (κ1) is 20.1. The zero-order chi connectivity index (χ0) is 19.4. The number of carbonyl (C=O) groups is 1. The zero-order valence-corrected chi connectivity index (χ0v) is 16.2. The molecular formula is C20H34O6. The summed E-state index contributed by atoms with van der Waals surface area (Å²) >= 11 is 0. The number of aliphatic hydroxyl groups excluding tert-OH is 3. The highest BCUT2D eigenvalue weighted by Crippen LogP contribution is 2.67. The molecule has 0 aromatic heterocycles. The van der Waals surface area contributed by atoms with Crippen molar-refractivity contribution in [2.75, 3.05) is 13.2 Å². The molecule has 7 atom stereocenters. The molecule has 0 radical (unpaired) electrons. The van der Waals surface area contributed by atoms with Crippen LogP contribution in [0, 0.1) is 22.7 Å². The van der Waals surface area contributed by atoms with E-state index in [0.717, 1.165) is 19.3 Å². The molecule has 3 rings (SSSR count). The minimum absolute atomic E-state index is 0.0703. The lowest BCUT2D eigenvalue weighted by molar-refractivity contribution is -0.271. The van der Waals surface area contributed by atoms with Crippen molar-refractivity contribution in [2.24, 2.45) is 22.7 Å². The van der Waals surface area contributed by atoms with Crippen LogP contribution in [0.1, 0.15) is 65.7 Å². The number of hydrogen-bond donors (Lipinski definition) is 4. The molecule has 0 aromatic rings. The molecule has 0 amide bonds. The van der Waals surface area contributed by atoms with Crippen molar-refractivity contribution in [3.8, 4) is 0 Å². The van der Waals surface area contributed by atoms with Gasteiger partial charge in [-0.25, -0.2) is 0 Å². The van der Waals surface area contributed by atoms with E-state index in [1.807, 2.05) is 6.92 Å². The third-order valence-corrected chi connectivity index (χ3v) is 8.37. The number of hydrogen-bond acceptors (Lipinski definition) is 5. The van der Waals surface area contributed by atoms with Gasteiger partial charge in [-0.1, -0.05) is 20.8 Å². The maximum absolute atomic E-state index is 11.4. The van der Waals surface area contributed by atoms with Gasteiger partial charge < -0.3 is 25.2 Å². The standard InChI is InChI=1S/C20H34O6/c1-13-4-5-14-17(2,11-21)15(23)6-7-18(14,3)20(13)9-8-19(12-22,26-20)10-16(24)25/h13-15,21-23H,4-12H2,1-3H3,(H,24,25)/t13?,14?,15?,17?,18-,19?,20?/m0/s1. The van der Waals surface area contributed by atoms with Gasteiger partial charge in [0.15, 0.2) is 0 Å². The average molecular weight is 370 g/mol. The second kappa shape index (κ2) is 6.43. The van der Waals surface area contributed by atoms with E-state index in [9.17, 15) is 25.2 Å². The molecule has 1 heterocycles. The van der Waals surface area contributed by atoms with E-state index < -0.39 is 28.7 Å². The van der Waals surface area contributed by atoms with Gasteiger partial charge in [-0.3, -0.25) is 4.79 Å². The molecule has 0 bridgehead atoms. The van der Waals surface area contributed by atoms with Crippen molar-refractivity contribution < 1.29 is 30.0 Å². The third kappa shape index (κ3) is 2.56. The van der Waals surface area contributed by atoms with Crippen LogP contribution in [0.15, 0.2) is 0 Å². The summed E-state index contributed by atoms with van der Waals surface area (Å²) in [4.78, 5) is 11.4. The molecule has 150 valence electrons. The molecule has 2 aliphatic carbocycles. The lowest BCUT2D eigenvalue weighted by atomic mass is 9.43. The van der Waals surface area contributed by atoms with Crippen LogP contribution >= 0.6 is 0 Å². The van der Waals surface area contributed by atoms with Crippen molar-refractivity contribution >= 4 is 5.97 Å². The Morgan fingerprint density at radius 2 is 1.77 bits per heavy atom. The van der Waals surface area contributed by atoms with Crippen LogP contribution in [0.2, 0.25) is 0 Å².